The number of benzene rings is 1. The van der Waals surface area contributed by atoms with Gasteiger partial charge in [0.1, 0.15) is 0 Å². The molecule has 0 bridgehead atoms. The predicted octanol–water partition coefficient (Wildman–Crippen LogP) is 2.26. The summed E-state index contributed by atoms with van der Waals surface area (Å²) in [5.41, 5.74) is -0.272. The Morgan fingerprint density at radius 1 is 1.05 bits per heavy atom. The van der Waals surface area contributed by atoms with Crippen LogP contribution >= 0.6 is 0 Å². The minimum absolute atomic E-state index is 0.271. The van der Waals surface area contributed by atoms with Crippen molar-refractivity contribution < 1.29 is 22.7 Å². The average molecular weight is 302 g/mol. The van der Waals surface area contributed by atoms with Gasteiger partial charge in [0.25, 0.3) is 0 Å². The molecule has 3 rings (SSSR count). The van der Waals surface area contributed by atoms with Crippen molar-refractivity contribution in [2.75, 3.05) is 19.6 Å². The molecule has 3 nitrogen and oxygen atoms in total. The molecule has 1 N–H and O–H groups in total. The number of aromatic nitrogens is 1. The van der Waals surface area contributed by atoms with Crippen molar-refractivity contribution in [3.8, 4) is 0 Å². The van der Waals surface area contributed by atoms with Crippen LogP contribution in [0.25, 0.3) is 10.9 Å². The monoisotopic (exact) mass is 302 g/mol. The van der Waals surface area contributed by atoms with Gasteiger partial charge in [-0.2, -0.15) is 0 Å². The van der Waals surface area contributed by atoms with E-state index >= 15 is 0 Å². The quantitative estimate of drug-likeness (QED) is 0.535. The summed E-state index contributed by atoms with van der Waals surface area (Å²) >= 11 is 0. The van der Waals surface area contributed by atoms with E-state index in [1.807, 2.05) is 4.90 Å². The second kappa shape index (κ2) is 5.31. The maximum atomic E-state index is 13.8. The number of aliphatic hydroxyl groups is 1. The normalized spacial score (nSPS) is 19.8. The number of hydrogen-bond donors (Lipinski definition) is 1. The molecule has 114 valence electrons. The van der Waals surface area contributed by atoms with E-state index < -0.39 is 23.3 Å². The van der Waals surface area contributed by atoms with Crippen LogP contribution in [0.15, 0.2) is 12.3 Å². The topological polar surface area (TPSA) is 28.4 Å². The van der Waals surface area contributed by atoms with Crippen LogP contribution in [0.5, 0.6) is 0 Å². The van der Waals surface area contributed by atoms with Gasteiger partial charge in [-0.25, -0.2) is 17.6 Å². The molecule has 1 atom stereocenters. The van der Waals surface area contributed by atoms with Crippen molar-refractivity contribution in [1.29, 1.82) is 0 Å². The number of rotatable bonds is 3. The Labute approximate surface area is 118 Å². The molecular weight excluding hydrogens is 288 g/mol. The molecule has 0 radical (unpaired) electrons. The summed E-state index contributed by atoms with van der Waals surface area (Å²) < 4.78 is 55.3. The first-order chi connectivity index (χ1) is 9.99. The third-order valence-electron chi connectivity index (χ3n) is 3.89. The number of likely N-dealkylation sites (tertiary alicyclic amines) is 1. The van der Waals surface area contributed by atoms with E-state index in [9.17, 15) is 22.7 Å². The third kappa shape index (κ3) is 2.40. The Morgan fingerprint density at radius 2 is 1.76 bits per heavy atom. The summed E-state index contributed by atoms with van der Waals surface area (Å²) in [4.78, 5) is 1.98. The number of aliphatic hydroxyl groups excluding tert-OH is 1. The van der Waals surface area contributed by atoms with Crippen LogP contribution in [0.1, 0.15) is 6.42 Å². The zero-order chi connectivity index (χ0) is 15.1. The Morgan fingerprint density at radius 3 is 2.43 bits per heavy atom. The second-order valence-electron chi connectivity index (χ2n) is 5.27. The second-order valence-corrected chi connectivity index (χ2v) is 5.27. The van der Waals surface area contributed by atoms with Gasteiger partial charge in [-0.3, -0.25) is 4.90 Å². The lowest BCUT2D eigenvalue weighted by Crippen LogP contribution is -2.26. The molecule has 21 heavy (non-hydrogen) atoms. The van der Waals surface area contributed by atoms with Crippen molar-refractivity contribution in [3.05, 3.63) is 35.5 Å². The Balaban J connectivity index is 1.90. The van der Waals surface area contributed by atoms with E-state index in [4.69, 9.17) is 0 Å². The number of nitrogens with zero attached hydrogens (tertiary/aromatic N) is 2. The van der Waals surface area contributed by atoms with E-state index in [0.29, 0.717) is 26.1 Å². The summed E-state index contributed by atoms with van der Waals surface area (Å²) in [6.45, 7) is 2.07. The number of halogens is 4. The molecular formula is C14H14F4N2O. The van der Waals surface area contributed by atoms with E-state index in [1.54, 1.807) is 0 Å². The summed E-state index contributed by atoms with van der Waals surface area (Å²) in [6, 6.07) is 1.23. The highest BCUT2D eigenvalue weighted by Crippen LogP contribution is 2.27. The van der Waals surface area contributed by atoms with Gasteiger partial charge < -0.3 is 9.67 Å². The fraction of sp³-hybridized carbons (Fsp3) is 0.429. The molecule has 2 heterocycles. The van der Waals surface area contributed by atoms with Crippen molar-refractivity contribution in [3.63, 3.8) is 0 Å². The average Bonchev–Trinajstić information content (AvgIpc) is 3.06. The van der Waals surface area contributed by atoms with Gasteiger partial charge in [-0.1, -0.05) is 0 Å². The fourth-order valence-electron chi connectivity index (χ4n) is 2.76. The van der Waals surface area contributed by atoms with E-state index in [2.05, 4.69) is 0 Å². The molecule has 0 saturated carbocycles. The minimum atomic E-state index is -1.79. The lowest BCUT2D eigenvalue weighted by atomic mass is 10.2. The van der Waals surface area contributed by atoms with Gasteiger partial charge in [0.05, 0.1) is 11.6 Å². The van der Waals surface area contributed by atoms with Crippen LogP contribution in [-0.2, 0) is 6.54 Å². The number of hydrogen-bond acceptors (Lipinski definition) is 2. The Kier molecular flexibility index (Phi) is 3.62. The SMILES string of the molecule is OC1CCN(CCn2ccc3c(F)c(F)c(F)c(F)c32)C1. The maximum Gasteiger partial charge on any atom is 0.199 e. The van der Waals surface area contributed by atoms with Gasteiger partial charge in [-0.15, -0.1) is 0 Å². The van der Waals surface area contributed by atoms with Crippen molar-refractivity contribution in [2.24, 2.45) is 0 Å². The largest absolute Gasteiger partial charge is 0.392 e. The molecule has 1 aliphatic heterocycles. The first kappa shape index (κ1) is 14.3. The molecule has 0 spiro atoms. The fourth-order valence-corrected chi connectivity index (χ4v) is 2.76. The maximum absolute atomic E-state index is 13.8. The molecule has 1 aromatic carbocycles. The van der Waals surface area contributed by atoms with Gasteiger partial charge in [-0.05, 0) is 12.5 Å². The third-order valence-corrected chi connectivity index (χ3v) is 3.89. The number of β-amino-alcohol motifs (C(OH)–C–C–N with tert-alkyl or cyclic N) is 1. The summed E-state index contributed by atoms with van der Waals surface area (Å²) in [6.07, 6.45) is 1.71. The van der Waals surface area contributed by atoms with Crippen molar-refractivity contribution >= 4 is 10.9 Å². The van der Waals surface area contributed by atoms with Crippen LogP contribution < -0.4 is 0 Å². The van der Waals surface area contributed by atoms with Crippen molar-refractivity contribution in [1.82, 2.24) is 9.47 Å². The highest BCUT2D eigenvalue weighted by molar-refractivity contribution is 5.81. The molecule has 0 amide bonds. The summed E-state index contributed by atoms with van der Waals surface area (Å²) in [7, 11) is 0. The molecule has 1 unspecified atom stereocenters. The van der Waals surface area contributed by atoms with Gasteiger partial charge in [0, 0.05) is 37.8 Å². The van der Waals surface area contributed by atoms with E-state index in [1.165, 1.54) is 16.8 Å². The van der Waals surface area contributed by atoms with E-state index in [0.717, 1.165) is 6.54 Å². The van der Waals surface area contributed by atoms with Crippen LogP contribution in [0.3, 0.4) is 0 Å². The smallest absolute Gasteiger partial charge is 0.199 e. The molecule has 1 aliphatic rings. The van der Waals surface area contributed by atoms with E-state index in [-0.39, 0.29) is 17.0 Å². The first-order valence-electron chi connectivity index (χ1n) is 6.70. The zero-order valence-corrected chi connectivity index (χ0v) is 11.1. The molecule has 1 saturated heterocycles. The summed E-state index contributed by atoms with van der Waals surface area (Å²) in [5, 5.41) is 9.16. The molecule has 1 aromatic heterocycles. The molecule has 0 aliphatic carbocycles. The standard InChI is InChI=1S/C14H14F4N2O/c15-10-9-2-4-20(6-5-19-3-1-8(21)7-19)14(9)13(18)12(17)11(10)16/h2,4,8,21H,1,3,5-7H2. The minimum Gasteiger partial charge on any atom is -0.392 e. The first-order valence-corrected chi connectivity index (χ1v) is 6.70. The number of fused-ring (bicyclic) bond motifs is 1. The zero-order valence-electron chi connectivity index (χ0n) is 11.1. The van der Waals surface area contributed by atoms with Crippen LogP contribution in [-0.4, -0.2) is 40.3 Å². The van der Waals surface area contributed by atoms with Gasteiger partial charge in [0.15, 0.2) is 23.3 Å². The van der Waals surface area contributed by atoms with Crippen LogP contribution in [0.2, 0.25) is 0 Å². The molecule has 7 heteroatoms. The Hall–Kier alpha value is -1.60. The van der Waals surface area contributed by atoms with Crippen LogP contribution in [0.4, 0.5) is 17.6 Å². The Bertz CT molecular complexity index is 685. The van der Waals surface area contributed by atoms with Crippen molar-refractivity contribution in [2.45, 2.75) is 19.1 Å². The van der Waals surface area contributed by atoms with Gasteiger partial charge in [0.2, 0.25) is 0 Å². The van der Waals surface area contributed by atoms with Gasteiger partial charge >= 0.3 is 0 Å². The molecule has 1 fully saturated rings. The lowest BCUT2D eigenvalue weighted by Gasteiger charge is -2.16. The predicted molar refractivity (Wildman–Crippen MR) is 68.8 cm³/mol. The molecule has 2 aromatic rings. The lowest BCUT2D eigenvalue weighted by molar-refractivity contribution is 0.175. The highest BCUT2D eigenvalue weighted by atomic mass is 19.2. The summed E-state index contributed by atoms with van der Waals surface area (Å²) in [5.74, 6) is -6.34. The highest BCUT2D eigenvalue weighted by Gasteiger charge is 2.24. The van der Waals surface area contributed by atoms with Crippen LogP contribution in [0, 0.1) is 23.3 Å².